The Morgan fingerprint density at radius 1 is 1.38 bits per heavy atom. The maximum Gasteiger partial charge on any atom is 0.261 e. The van der Waals surface area contributed by atoms with Crippen molar-refractivity contribution in [3.05, 3.63) is 35.5 Å². The lowest BCUT2D eigenvalue weighted by molar-refractivity contribution is -0.101. The standard InChI is InChI=1S/C16H18F3N3O2/c1-9-3-4-11(5-13(9)17)15-20-16(24-21-15)10(2)22-6-12(7-22)23-8-14(18)19/h3-5,10,12,14H,6-8H2,1-2H3/t10-/m1/s1. The topological polar surface area (TPSA) is 51.4 Å². The molecular weight excluding hydrogens is 323 g/mol. The summed E-state index contributed by atoms with van der Waals surface area (Å²) >= 11 is 0. The van der Waals surface area contributed by atoms with Gasteiger partial charge in [0.15, 0.2) is 0 Å². The number of benzene rings is 1. The van der Waals surface area contributed by atoms with Crippen molar-refractivity contribution in [2.45, 2.75) is 32.4 Å². The molecule has 0 aliphatic carbocycles. The van der Waals surface area contributed by atoms with Gasteiger partial charge in [0.25, 0.3) is 6.43 Å². The summed E-state index contributed by atoms with van der Waals surface area (Å²) in [5.74, 6) is 0.397. The molecule has 0 unspecified atom stereocenters. The molecule has 1 fully saturated rings. The Hall–Kier alpha value is -1.93. The Kier molecular flexibility index (Phi) is 4.86. The number of ether oxygens (including phenoxy) is 1. The number of hydrogen-bond donors (Lipinski definition) is 0. The SMILES string of the molecule is Cc1ccc(-c2noc([C@@H](C)N3CC(OCC(F)F)C3)n2)cc1F. The number of alkyl halides is 2. The molecule has 0 saturated carbocycles. The molecule has 1 aliphatic rings. The van der Waals surface area contributed by atoms with Gasteiger partial charge < -0.3 is 9.26 Å². The number of halogens is 3. The van der Waals surface area contributed by atoms with Gasteiger partial charge in [-0.3, -0.25) is 4.90 Å². The number of likely N-dealkylation sites (tertiary alicyclic amines) is 1. The second-order valence-corrected chi connectivity index (χ2v) is 5.90. The van der Waals surface area contributed by atoms with Crippen LogP contribution >= 0.6 is 0 Å². The van der Waals surface area contributed by atoms with Crippen LogP contribution < -0.4 is 0 Å². The minimum Gasteiger partial charge on any atom is -0.370 e. The van der Waals surface area contributed by atoms with Crippen LogP contribution in [0.3, 0.4) is 0 Å². The van der Waals surface area contributed by atoms with Gasteiger partial charge in [-0.2, -0.15) is 4.98 Å². The van der Waals surface area contributed by atoms with Crippen molar-refractivity contribution in [3.63, 3.8) is 0 Å². The van der Waals surface area contributed by atoms with Crippen molar-refractivity contribution in [2.75, 3.05) is 19.7 Å². The molecule has 0 amide bonds. The van der Waals surface area contributed by atoms with Crippen molar-refractivity contribution in [2.24, 2.45) is 0 Å². The third-order valence-electron chi connectivity index (χ3n) is 4.11. The van der Waals surface area contributed by atoms with Crippen LogP contribution in [-0.4, -0.2) is 47.3 Å². The summed E-state index contributed by atoms with van der Waals surface area (Å²) in [5.41, 5.74) is 1.09. The zero-order chi connectivity index (χ0) is 17.3. The normalized spacial score (nSPS) is 17.2. The number of aromatic nitrogens is 2. The van der Waals surface area contributed by atoms with Gasteiger partial charge in [0, 0.05) is 18.7 Å². The zero-order valence-electron chi connectivity index (χ0n) is 13.4. The first-order valence-electron chi connectivity index (χ1n) is 7.68. The van der Waals surface area contributed by atoms with Crippen LogP contribution in [0, 0.1) is 12.7 Å². The van der Waals surface area contributed by atoms with Gasteiger partial charge >= 0.3 is 0 Å². The lowest BCUT2D eigenvalue weighted by atomic mass is 10.1. The summed E-state index contributed by atoms with van der Waals surface area (Å²) in [5, 5.41) is 3.89. The van der Waals surface area contributed by atoms with Crippen molar-refractivity contribution in [1.29, 1.82) is 0 Å². The van der Waals surface area contributed by atoms with Crippen molar-refractivity contribution < 1.29 is 22.4 Å². The largest absolute Gasteiger partial charge is 0.370 e. The average molecular weight is 341 g/mol. The van der Waals surface area contributed by atoms with Crippen LogP contribution in [-0.2, 0) is 4.74 Å². The van der Waals surface area contributed by atoms with Crippen LogP contribution in [0.5, 0.6) is 0 Å². The zero-order valence-corrected chi connectivity index (χ0v) is 13.4. The maximum absolute atomic E-state index is 13.6. The molecule has 0 N–H and O–H groups in total. The lowest BCUT2D eigenvalue weighted by Gasteiger charge is -2.41. The molecule has 1 aromatic carbocycles. The van der Waals surface area contributed by atoms with E-state index in [-0.39, 0.29) is 18.0 Å². The molecule has 130 valence electrons. The second kappa shape index (κ2) is 6.90. The van der Waals surface area contributed by atoms with E-state index in [2.05, 4.69) is 10.1 Å². The van der Waals surface area contributed by atoms with E-state index in [0.29, 0.717) is 35.9 Å². The number of nitrogens with zero attached hydrogens (tertiary/aromatic N) is 3. The highest BCUT2D eigenvalue weighted by molar-refractivity contribution is 5.54. The summed E-state index contributed by atoms with van der Waals surface area (Å²) in [4.78, 5) is 6.30. The first-order valence-corrected chi connectivity index (χ1v) is 7.68. The summed E-state index contributed by atoms with van der Waals surface area (Å²) in [7, 11) is 0. The first kappa shape index (κ1) is 16.9. The van der Waals surface area contributed by atoms with Gasteiger partial charge in [0.2, 0.25) is 11.7 Å². The Morgan fingerprint density at radius 2 is 2.12 bits per heavy atom. The summed E-state index contributed by atoms with van der Waals surface area (Å²) < 4.78 is 48.1. The number of aryl methyl sites for hydroxylation is 1. The van der Waals surface area contributed by atoms with Crippen LogP contribution in [0.25, 0.3) is 11.4 Å². The van der Waals surface area contributed by atoms with Crippen LogP contribution in [0.4, 0.5) is 13.2 Å². The third kappa shape index (κ3) is 3.59. The van der Waals surface area contributed by atoms with E-state index in [4.69, 9.17) is 9.26 Å². The summed E-state index contributed by atoms with van der Waals surface area (Å²) in [6, 6.07) is 4.60. The van der Waals surface area contributed by atoms with Crippen molar-refractivity contribution in [1.82, 2.24) is 15.0 Å². The molecule has 2 heterocycles. The molecule has 1 aromatic heterocycles. The quantitative estimate of drug-likeness (QED) is 0.807. The molecule has 1 aliphatic heterocycles. The highest BCUT2D eigenvalue weighted by Crippen LogP contribution is 2.27. The van der Waals surface area contributed by atoms with E-state index in [1.807, 2.05) is 11.8 Å². The summed E-state index contributed by atoms with van der Waals surface area (Å²) in [6.45, 7) is 4.09. The van der Waals surface area contributed by atoms with E-state index < -0.39 is 13.0 Å². The van der Waals surface area contributed by atoms with Gasteiger partial charge in [0.1, 0.15) is 12.4 Å². The Morgan fingerprint density at radius 3 is 2.79 bits per heavy atom. The predicted molar refractivity (Wildman–Crippen MR) is 80.2 cm³/mol. The fraction of sp³-hybridized carbons (Fsp3) is 0.500. The Balaban J connectivity index is 1.60. The van der Waals surface area contributed by atoms with Gasteiger partial charge in [-0.1, -0.05) is 17.3 Å². The fourth-order valence-electron chi connectivity index (χ4n) is 2.51. The third-order valence-corrected chi connectivity index (χ3v) is 4.11. The minimum absolute atomic E-state index is 0.159. The lowest BCUT2D eigenvalue weighted by Crippen LogP contribution is -2.53. The van der Waals surface area contributed by atoms with Gasteiger partial charge in [0.05, 0.1) is 12.1 Å². The average Bonchev–Trinajstić information content (AvgIpc) is 2.97. The van der Waals surface area contributed by atoms with E-state index in [9.17, 15) is 13.2 Å². The molecule has 3 rings (SSSR count). The Labute approximate surface area is 137 Å². The predicted octanol–water partition coefficient (Wildman–Crippen LogP) is 3.21. The summed E-state index contributed by atoms with van der Waals surface area (Å²) in [6.07, 6.45) is -2.65. The molecule has 1 saturated heterocycles. The van der Waals surface area contributed by atoms with Crippen molar-refractivity contribution >= 4 is 0 Å². The van der Waals surface area contributed by atoms with E-state index in [1.54, 1.807) is 19.1 Å². The van der Waals surface area contributed by atoms with Gasteiger partial charge in [-0.05, 0) is 25.5 Å². The van der Waals surface area contributed by atoms with Crippen LogP contribution in [0.2, 0.25) is 0 Å². The molecule has 5 nitrogen and oxygen atoms in total. The van der Waals surface area contributed by atoms with Crippen LogP contribution in [0.1, 0.15) is 24.4 Å². The molecule has 0 radical (unpaired) electrons. The van der Waals surface area contributed by atoms with E-state index >= 15 is 0 Å². The molecule has 24 heavy (non-hydrogen) atoms. The molecule has 8 heteroatoms. The Bertz CT molecular complexity index is 702. The fourth-order valence-corrected chi connectivity index (χ4v) is 2.51. The van der Waals surface area contributed by atoms with Gasteiger partial charge in [-0.25, -0.2) is 13.2 Å². The van der Waals surface area contributed by atoms with E-state index in [0.717, 1.165) is 0 Å². The molecule has 0 bridgehead atoms. The molecule has 0 spiro atoms. The monoisotopic (exact) mass is 341 g/mol. The second-order valence-electron chi connectivity index (χ2n) is 5.90. The molecule has 2 aromatic rings. The highest BCUT2D eigenvalue weighted by atomic mass is 19.3. The van der Waals surface area contributed by atoms with Crippen LogP contribution in [0.15, 0.2) is 22.7 Å². The highest BCUT2D eigenvalue weighted by Gasteiger charge is 2.34. The number of rotatable bonds is 6. The minimum atomic E-state index is -2.45. The number of hydrogen-bond acceptors (Lipinski definition) is 5. The smallest absolute Gasteiger partial charge is 0.261 e. The maximum atomic E-state index is 13.6. The first-order chi connectivity index (χ1) is 11.4. The molecule has 1 atom stereocenters. The molecular formula is C16H18F3N3O2. The van der Waals surface area contributed by atoms with Crippen molar-refractivity contribution in [3.8, 4) is 11.4 Å². The van der Waals surface area contributed by atoms with E-state index in [1.165, 1.54) is 6.07 Å². The van der Waals surface area contributed by atoms with Gasteiger partial charge in [-0.15, -0.1) is 0 Å².